The molecule has 0 unspecified atom stereocenters. The second-order valence-corrected chi connectivity index (χ2v) is 4.23. The topological polar surface area (TPSA) is 66.7 Å². The van der Waals surface area contributed by atoms with Gasteiger partial charge in [-0.1, -0.05) is 0 Å². The Bertz CT molecular complexity index is 727. The van der Waals surface area contributed by atoms with Crippen molar-refractivity contribution in [2.45, 2.75) is 6.92 Å². The number of rotatable bonds is 5. The molecule has 0 spiro atoms. The van der Waals surface area contributed by atoms with E-state index in [1.165, 1.54) is 18.2 Å². The van der Waals surface area contributed by atoms with E-state index in [-0.39, 0.29) is 11.5 Å². The molecular weight excluding hydrogens is 318 g/mol. The molecule has 2 rings (SSSR count). The molecular formula is C14H11F4N3O2. The van der Waals surface area contributed by atoms with Crippen molar-refractivity contribution in [1.82, 2.24) is 4.98 Å². The first-order valence-electron chi connectivity index (χ1n) is 6.39. The molecule has 0 saturated heterocycles. The second-order valence-electron chi connectivity index (χ2n) is 4.23. The van der Waals surface area contributed by atoms with Crippen LogP contribution in [0.1, 0.15) is 12.5 Å². The monoisotopic (exact) mass is 329 g/mol. The molecule has 2 N–H and O–H groups in total. The smallest absolute Gasteiger partial charge is 0.254 e. The summed E-state index contributed by atoms with van der Waals surface area (Å²) in [5.74, 6) is -6.86. The number of halogens is 4. The number of phenolic OH excluding ortho intramolecular Hbond substituents is 1. The van der Waals surface area contributed by atoms with Crippen LogP contribution in [0, 0.1) is 23.5 Å². The van der Waals surface area contributed by atoms with E-state index in [9.17, 15) is 22.7 Å². The van der Waals surface area contributed by atoms with Crippen LogP contribution in [0.25, 0.3) is 0 Å². The van der Waals surface area contributed by atoms with Gasteiger partial charge >= 0.3 is 0 Å². The lowest BCUT2D eigenvalue weighted by Crippen LogP contribution is -2.05. The molecule has 1 heterocycles. The van der Waals surface area contributed by atoms with E-state index in [1.807, 2.05) is 5.43 Å². The number of pyridine rings is 1. The van der Waals surface area contributed by atoms with Crippen molar-refractivity contribution in [3.63, 3.8) is 0 Å². The number of phenols is 1. The quantitative estimate of drug-likeness (QED) is 0.383. The number of aromatic nitrogens is 1. The van der Waals surface area contributed by atoms with E-state index in [0.29, 0.717) is 12.2 Å². The standard InChI is InChI=1S/C14H11F4N3O2/c1-2-23-9-5-7(3-4-8(9)22)6-19-21-12-10(15)13(17)20-14(18)11(12)16/h3-6,22H,2H2,1H3,(H,20,21)/b19-6+. The summed E-state index contributed by atoms with van der Waals surface area (Å²) < 4.78 is 57.7. The van der Waals surface area contributed by atoms with Crippen LogP contribution in [-0.2, 0) is 0 Å². The summed E-state index contributed by atoms with van der Waals surface area (Å²) in [6.45, 7) is 2.04. The summed E-state index contributed by atoms with van der Waals surface area (Å²) in [7, 11) is 0. The molecule has 0 aliphatic carbocycles. The molecule has 0 aliphatic rings. The Morgan fingerprint density at radius 3 is 2.48 bits per heavy atom. The summed E-state index contributed by atoms with van der Waals surface area (Å²) in [6, 6.07) is 4.20. The van der Waals surface area contributed by atoms with E-state index in [1.54, 1.807) is 6.92 Å². The number of aromatic hydroxyl groups is 1. The predicted molar refractivity (Wildman–Crippen MR) is 74.6 cm³/mol. The van der Waals surface area contributed by atoms with Gasteiger partial charge in [0.15, 0.2) is 11.5 Å². The second kappa shape index (κ2) is 6.95. The largest absolute Gasteiger partial charge is 0.504 e. The van der Waals surface area contributed by atoms with Gasteiger partial charge in [-0.05, 0) is 30.7 Å². The zero-order chi connectivity index (χ0) is 17.0. The highest BCUT2D eigenvalue weighted by Gasteiger charge is 2.20. The molecule has 23 heavy (non-hydrogen) atoms. The molecule has 9 heteroatoms. The highest BCUT2D eigenvalue weighted by atomic mass is 19.2. The molecule has 0 amide bonds. The Balaban J connectivity index is 2.21. The number of hydrazone groups is 1. The van der Waals surface area contributed by atoms with Crippen molar-refractivity contribution in [2.75, 3.05) is 12.0 Å². The van der Waals surface area contributed by atoms with Crippen molar-refractivity contribution in [2.24, 2.45) is 5.10 Å². The lowest BCUT2D eigenvalue weighted by atomic mass is 10.2. The van der Waals surface area contributed by atoms with Crippen LogP contribution in [0.2, 0.25) is 0 Å². The number of ether oxygens (including phenoxy) is 1. The average molecular weight is 329 g/mol. The third-order valence-corrected chi connectivity index (χ3v) is 2.67. The first-order valence-corrected chi connectivity index (χ1v) is 6.39. The fraction of sp³-hybridized carbons (Fsp3) is 0.143. The van der Waals surface area contributed by atoms with E-state index in [2.05, 4.69) is 10.1 Å². The van der Waals surface area contributed by atoms with E-state index < -0.39 is 29.2 Å². The summed E-state index contributed by atoms with van der Waals surface area (Å²) in [4.78, 5) is 2.42. The van der Waals surface area contributed by atoms with Crippen LogP contribution >= 0.6 is 0 Å². The van der Waals surface area contributed by atoms with Gasteiger partial charge in [0.1, 0.15) is 5.69 Å². The Morgan fingerprint density at radius 1 is 1.22 bits per heavy atom. The van der Waals surface area contributed by atoms with Crippen molar-refractivity contribution in [3.8, 4) is 11.5 Å². The van der Waals surface area contributed by atoms with Crippen LogP contribution in [0.15, 0.2) is 23.3 Å². The molecule has 0 radical (unpaired) electrons. The van der Waals surface area contributed by atoms with Gasteiger partial charge in [-0.2, -0.15) is 27.6 Å². The molecule has 2 aromatic rings. The van der Waals surface area contributed by atoms with Crippen LogP contribution in [0.3, 0.4) is 0 Å². The number of anilines is 1. The minimum absolute atomic E-state index is 0.0904. The van der Waals surface area contributed by atoms with Crippen molar-refractivity contribution >= 4 is 11.9 Å². The summed E-state index contributed by atoms with van der Waals surface area (Å²) in [5, 5.41) is 13.0. The highest BCUT2D eigenvalue weighted by molar-refractivity contribution is 5.81. The molecule has 1 aromatic heterocycles. The van der Waals surface area contributed by atoms with Crippen LogP contribution in [0.4, 0.5) is 23.2 Å². The molecule has 0 fully saturated rings. The number of hydrogen-bond donors (Lipinski definition) is 2. The molecule has 0 saturated carbocycles. The highest BCUT2D eigenvalue weighted by Crippen LogP contribution is 2.26. The number of nitrogens with zero attached hydrogens (tertiary/aromatic N) is 2. The van der Waals surface area contributed by atoms with Gasteiger partial charge in [0, 0.05) is 0 Å². The maximum absolute atomic E-state index is 13.4. The van der Waals surface area contributed by atoms with E-state index >= 15 is 0 Å². The first-order chi connectivity index (χ1) is 10.9. The maximum atomic E-state index is 13.4. The van der Waals surface area contributed by atoms with Crippen molar-refractivity contribution in [1.29, 1.82) is 0 Å². The Morgan fingerprint density at radius 2 is 1.87 bits per heavy atom. The number of nitrogens with one attached hydrogen (secondary N) is 1. The Kier molecular flexibility index (Phi) is 4.99. The van der Waals surface area contributed by atoms with Gasteiger partial charge in [0.2, 0.25) is 11.6 Å². The summed E-state index contributed by atoms with van der Waals surface area (Å²) in [6.07, 6.45) is 1.12. The first kappa shape index (κ1) is 16.5. The van der Waals surface area contributed by atoms with Gasteiger partial charge in [-0.25, -0.2) is 0 Å². The van der Waals surface area contributed by atoms with Gasteiger partial charge < -0.3 is 9.84 Å². The summed E-state index contributed by atoms with van der Waals surface area (Å²) in [5.41, 5.74) is 1.18. The Hall–Kier alpha value is -2.84. The lowest BCUT2D eigenvalue weighted by molar-refractivity contribution is 0.318. The van der Waals surface area contributed by atoms with Crippen molar-refractivity contribution < 1.29 is 27.4 Å². The van der Waals surface area contributed by atoms with E-state index in [4.69, 9.17) is 4.74 Å². The Labute approximate surface area is 128 Å². The normalized spacial score (nSPS) is 11.0. The third-order valence-electron chi connectivity index (χ3n) is 2.67. The van der Waals surface area contributed by atoms with Crippen molar-refractivity contribution in [3.05, 3.63) is 47.3 Å². The minimum atomic E-state index is -1.79. The van der Waals surface area contributed by atoms with Crippen LogP contribution in [0.5, 0.6) is 11.5 Å². The average Bonchev–Trinajstić information content (AvgIpc) is 2.52. The SMILES string of the molecule is CCOc1cc(/C=N/Nc2c(F)c(F)nc(F)c2F)ccc1O. The summed E-state index contributed by atoms with van der Waals surface area (Å²) >= 11 is 0. The fourth-order valence-corrected chi connectivity index (χ4v) is 1.64. The van der Waals surface area contributed by atoms with Gasteiger partial charge in [-0.15, -0.1) is 0 Å². The number of benzene rings is 1. The van der Waals surface area contributed by atoms with E-state index in [0.717, 1.165) is 6.21 Å². The number of hydrogen-bond acceptors (Lipinski definition) is 5. The fourth-order valence-electron chi connectivity index (χ4n) is 1.64. The van der Waals surface area contributed by atoms with Crippen LogP contribution in [-0.4, -0.2) is 22.9 Å². The molecule has 0 bridgehead atoms. The molecule has 0 atom stereocenters. The van der Waals surface area contributed by atoms with Crippen LogP contribution < -0.4 is 10.2 Å². The minimum Gasteiger partial charge on any atom is -0.504 e. The maximum Gasteiger partial charge on any atom is 0.254 e. The third kappa shape index (κ3) is 3.68. The lowest BCUT2D eigenvalue weighted by Gasteiger charge is -2.06. The van der Waals surface area contributed by atoms with Gasteiger partial charge in [0.25, 0.3) is 11.9 Å². The zero-order valence-electron chi connectivity index (χ0n) is 11.8. The molecule has 5 nitrogen and oxygen atoms in total. The molecule has 0 aliphatic heterocycles. The van der Waals surface area contributed by atoms with Gasteiger partial charge in [0.05, 0.1) is 12.8 Å². The zero-order valence-corrected chi connectivity index (χ0v) is 11.8. The van der Waals surface area contributed by atoms with Gasteiger partial charge in [-0.3, -0.25) is 5.43 Å². The predicted octanol–water partition coefficient (Wildman–Crippen LogP) is 3.19. The molecule has 1 aromatic carbocycles. The molecule has 122 valence electrons.